The molecule has 0 atom stereocenters. The molecule has 0 bridgehead atoms. The first-order valence-corrected chi connectivity index (χ1v) is 7.79. The van der Waals surface area contributed by atoms with Gasteiger partial charge in [-0.05, 0) is 17.7 Å². The van der Waals surface area contributed by atoms with Gasteiger partial charge in [-0.15, -0.1) is 0 Å². The average Bonchev–Trinajstić information content (AvgIpc) is 2.62. The predicted octanol–water partition coefficient (Wildman–Crippen LogP) is 1.95. The molecular weight excluding hydrogens is 290 g/mol. The molecule has 23 heavy (non-hydrogen) atoms. The monoisotopic (exact) mass is 311 g/mol. The largest absolute Gasteiger partial charge is 0.507 e. The highest BCUT2D eigenvalue weighted by atomic mass is 16.3. The van der Waals surface area contributed by atoms with Crippen molar-refractivity contribution in [3.05, 3.63) is 54.1 Å². The third kappa shape index (κ3) is 3.21. The summed E-state index contributed by atoms with van der Waals surface area (Å²) in [5.41, 5.74) is 2.01. The number of nitrogens with one attached hydrogen (secondary N) is 1. The number of piperazine rings is 1. The molecule has 1 aliphatic heterocycles. The summed E-state index contributed by atoms with van der Waals surface area (Å²) in [6, 6.07) is 14.5. The molecule has 1 aliphatic rings. The van der Waals surface area contributed by atoms with E-state index in [2.05, 4.69) is 5.32 Å². The molecule has 2 aromatic carbocycles. The van der Waals surface area contributed by atoms with E-state index in [-0.39, 0.29) is 11.7 Å². The van der Waals surface area contributed by atoms with Crippen LogP contribution in [0, 0.1) is 0 Å². The van der Waals surface area contributed by atoms with E-state index in [9.17, 15) is 9.90 Å². The van der Waals surface area contributed by atoms with Crippen molar-refractivity contribution in [2.45, 2.75) is 0 Å². The van der Waals surface area contributed by atoms with Crippen molar-refractivity contribution in [1.29, 1.82) is 0 Å². The van der Waals surface area contributed by atoms with E-state index >= 15 is 0 Å². The number of phenols is 1. The molecule has 0 unspecified atom stereocenters. The molecule has 5 nitrogen and oxygen atoms in total. The first kappa shape index (κ1) is 15.5. The maximum Gasteiger partial charge on any atom is 0.268 e. The van der Waals surface area contributed by atoms with Gasteiger partial charge in [-0.2, -0.15) is 0 Å². The number of amides is 1. The van der Waals surface area contributed by atoms with Crippen LogP contribution in [0.5, 0.6) is 5.75 Å². The van der Waals surface area contributed by atoms with Crippen LogP contribution in [0.15, 0.2) is 48.5 Å². The van der Waals surface area contributed by atoms with Crippen LogP contribution in [0.2, 0.25) is 0 Å². The van der Waals surface area contributed by atoms with Crippen LogP contribution in [-0.2, 0) is 0 Å². The van der Waals surface area contributed by atoms with Gasteiger partial charge in [0.25, 0.3) is 5.91 Å². The number of carbonyl (C=O) groups is 1. The number of para-hydroxylation sites is 1. The minimum Gasteiger partial charge on any atom is -0.507 e. The van der Waals surface area contributed by atoms with Gasteiger partial charge in [0.15, 0.2) is 0 Å². The van der Waals surface area contributed by atoms with Crippen molar-refractivity contribution in [1.82, 2.24) is 15.3 Å². The summed E-state index contributed by atoms with van der Waals surface area (Å²) < 4.78 is 0. The van der Waals surface area contributed by atoms with Crippen LogP contribution in [0.1, 0.15) is 10.4 Å². The number of hydrazine groups is 1. The van der Waals surface area contributed by atoms with E-state index in [1.54, 1.807) is 24.2 Å². The zero-order valence-electron chi connectivity index (χ0n) is 13.2. The van der Waals surface area contributed by atoms with Crippen molar-refractivity contribution in [2.24, 2.45) is 0 Å². The van der Waals surface area contributed by atoms with Crippen LogP contribution in [-0.4, -0.2) is 54.3 Å². The van der Waals surface area contributed by atoms with Gasteiger partial charge in [-0.25, -0.2) is 5.01 Å². The topological polar surface area (TPSA) is 55.8 Å². The quantitative estimate of drug-likeness (QED) is 0.910. The molecule has 1 saturated heterocycles. The lowest BCUT2D eigenvalue weighted by Gasteiger charge is -2.35. The zero-order valence-corrected chi connectivity index (χ0v) is 13.2. The summed E-state index contributed by atoms with van der Waals surface area (Å²) in [4.78, 5) is 12.9. The average molecular weight is 311 g/mol. The molecular formula is C18H21N3O2. The summed E-state index contributed by atoms with van der Waals surface area (Å²) in [5, 5.41) is 17.1. The Morgan fingerprint density at radius 3 is 2.35 bits per heavy atom. The molecule has 120 valence electrons. The normalized spacial score (nSPS) is 15.3. The number of benzene rings is 2. The van der Waals surface area contributed by atoms with Crippen LogP contribution >= 0.6 is 0 Å². The Morgan fingerprint density at radius 2 is 1.65 bits per heavy atom. The molecule has 1 amide bonds. The van der Waals surface area contributed by atoms with Crippen LogP contribution in [0.4, 0.5) is 0 Å². The van der Waals surface area contributed by atoms with Gasteiger partial charge in [0.05, 0.1) is 0 Å². The third-order valence-electron chi connectivity index (χ3n) is 4.16. The fraction of sp³-hybridized carbons (Fsp3) is 0.278. The second-order valence-electron chi connectivity index (χ2n) is 5.60. The maximum atomic E-state index is 12.9. The van der Waals surface area contributed by atoms with Gasteiger partial charge in [0, 0.05) is 44.4 Å². The second kappa shape index (κ2) is 6.81. The number of nitrogens with zero attached hydrogens (tertiary/aromatic N) is 2. The van der Waals surface area contributed by atoms with E-state index in [0.29, 0.717) is 11.1 Å². The minimum atomic E-state index is -0.0641. The molecule has 0 radical (unpaired) electrons. The van der Waals surface area contributed by atoms with E-state index < -0.39 is 0 Å². The standard InChI is InChI=1S/C18H21N3O2/c1-20(21-12-10-19-11-13-21)18(23)16-8-3-2-6-14(16)15-7-4-5-9-17(15)22/h2-9,19,22H,10-13H2,1H3. The van der Waals surface area contributed by atoms with Gasteiger partial charge in [0.1, 0.15) is 5.75 Å². The molecule has 0 aliphatic carbocycles. The van der Waals surface area contributed by atoms with Crippen molar-refractivity contribution in [3.63, 3.8) is 0 Å². The van der Waals surface area contributed by atoms with Gasteiger partial charge in [-0.1, -0.05) is 36.4 Å². The predicted molar refractivity (Wildman–Crippen MR) is 90.1 cm³/mol. The summed E-state index contributed by atoms with van der Waals surface area (Å²) in [6.45, 7) is 3.36. The number of rotatable bonds is 3. The Morgan fingerprint density at radius 1 is 1.04 bits per heavy atom. The first-order valence-electron chi connectivity index (χ1n) is 7.79. The van der Waals surface area contributed by atoms with Crippen LogP contribution in [0.3, 0.4) is 0 Å². The van der Waals surface area contributed by atoms with Crippen molar-refractivity contribution < 1.29 is 9.90 Å². The van der Waals surface area contributed by atoms with Gasteiger partial charge in [-0.3, -0.25) is 9.80 Å². The van der Waals surface area contributed by atoms with E-state index in [4.69, 9.17) is 0 Å². The fourth-order valence-corrected chi connectivity index (χ4v) is 2.86. The number of hydrogen-bond acceptors (Lipinski definition) is 4. The molecule has 2 N–H and O–H groups in total. The van der Waals surface area contributed by atoms with Crippen molar-refractivity contribution in [3.8, 4) is 16.9 Å². The highest BCUT2D eigenvalue weighted by Gasteiger charge is 2.23. The molecule has 2 aromatic rings. The molecule has 5 heteroatoms. The number of aromatic hydroxyl groups is 1. The first-order chi connectivity index (χ1) is 11.2. The van der Waals surface area contributed by atoms with Gasteiger partial charge < -0.3 is 10.4 Å². The number of carbonyl (C=O) groups excluding carboxylic acids is 1. The highest BCUT2D eigenvalue weighted by Crippen LogP contribution is 2.31. The molecule has 0 saturated carbocycles. The van der Waals surface area contributed by atoms with Crippen LogP contribution in [0.25, 0.3) is 11.1 Å². The molecule has 0 spiro atoms. The summed E-state index contributed by atoms with van der Waals surface area (Å²) in [7, 11) is 1.80. The summed E-state index contributed by atoms with van der Waals surface area (Å²) >= 11 is 0. The highest BCUT2D eigenvalue weighted by molar-refractivity contribution is 6.01. The Labute approximate surface area is 136 Å². The smallest absolute Gasteiger partial charge is 0.268 e. The van der Waals surface area contributed by atoms with Gasteiger partial charge in [0.2, 0.25) is 0 Å². The van der Waals surface area contributed by atoms with E-state index in [0.717, 1.165) is 31.7 Å². The zero-order chi connectivity index (χ0) is 16.2. The van der Waals surface area contributed by atoms with Crippen molar-refractivity contribution >= 4 is 5.91 Å². The molecule has 1 fully saturated rings. The SMILES string of the molecule is CN(C(=O)c1ccccc1-c1ccccc1O)N1CCNCC1. The number of hydrogen-bond donors (Lipinski definition) is 2. The fourth-order valence-electron chi connectivity index (χ4n) is 2.86. The summed E-state index contributed by atoms with van der Waals surface area (Å²) in [6.07, 6.45) is 0. The summed E-state index contributed by atoms with van der Waals surface area (Å²) in [5.74, 6) is 0.114. The Kier molecular flexibility index (Phi) is 4.60. The Balaban J connectivity index is 1.94. The molecule has 0 aromatic heterocycles. The lowest BCUT2D eigenvalue weighted by atomic mass is 9.98. The lowest BCUT2D eigenvalue weighted by molar-refractivity contribution is -0.000777. The molecule has 1 heterocycles. The third-order valence-corrected chi connectivity index (χ3v) is 4.16. The minimum absolute atomic E-state index is 0.0641. The van der Waals surface area contributed by atoms with E-state index in [1.807, 2.05) is 41.4 Å². The Hall–Kier alpha value is -2.37. The number of phenolic OH excluding ortho intramolecular Hbond substituents is 1. The van der Waals surface area contributed by atoms with Crippen LogP contribution < -0.4 is 5.32 Å². The van der Waals surface area contributed by atoms with E-state index in [1.165, 1.54) is 0 Å². The Bertz CT molecular complexity index is 696. The molecule has 3 rings (SSSR count). The van der Waals surface area contributed by atoms with Gasteiger partial charge >= 0.3 is 0 Å². The van der Waals surface area contributed by atoms with Crippen molar-refractivity contribution in [2.75, 3.05) is 33.2 Å². The second-order valence-corrected chi connectivity index (χ2v) is 5.60. The maximum absolute atomic E-state index is 12.9. The lowest BCUT2D eigenvalue weighted by Crippen LogP contribution is -2.52.